The largest absolute Gasteiger partial charge is 0.337 e. The molecule has 0 amide bonds. The zero-order valence-corrected chi connectivity index (χ0v) is 8.63. The smallest absolute Gasteiger partial charge is 0.184 e. The van der Waals surface area contributed by atoms with Gasteiger partial charge in [-0.3, -0.25) is 4.90 Å². The molecule has 2 rings (SSSR count). The van der Waals surface area contributed by atoms with Crippen molar-refractivity contribution in [2.45, 2.75) is 44.2 Å². The first-order chi connectivity index (χ1) is 6.26. The van der Waals surface area contributed by atoms with Gasteiger partial charge < -0.3 is 4.81 Å². The predicted molar refractivity (Wildman–Crippen MR) is 55.5 cm³/mol. The zero-order valence-electron chi connectivity index (χ0n) is 8.63. The molecular weight excluding hydrogens is 159 g/mol. The van der Waals surface area contributed by atoms with E-state index in [1.165, 1.54) is 45.1 Å². The van der Waals surface area contributed by atoms with Gasteiger partial charge in [-0.2, -0.15) is 0 Å². The number of nitrogens with zero attached hydrogens (tertiary/aromatic N) is 2. The fourth-order valence-corrected chi connectivity index (χ4v) is 2.88. The van der Waals surface area contributed by atoms with Crippen LogP contribution in [0, 0.1) is 0 Å². The summed E-state index contributed by atoms with van der Waals surface area (Å²) in [5.41, 5.74) is 0.219. The van der Waals surface area contributed by atoms with Crippen molar-refractivity contribution < 1.29 is 0 Å². The first-order valence-electron chi connectivity index (χ1n) is 5.49. The summed E-state index contributed by atoms with van der Waals surface area (Å²) >= 11 is 0. The van der Waals surface area contributed by atoms with Crippen molar-refractivity contribution in [1.82, 2.24) is 9.71 Å². The lowest BCUT2D eigenvalue weighted by Gasteiger charge is -2.54. The Hall–Kier alpha value is -0.0151. The molecule has 72 valence electrons. The summed E-state index contributed by atoms with van der Waals surface area (Å²) < 4.78 is 0. The number of hydrogen-bond acceptors (Lipinski definition) is 2. The second kappa shape index (κ2) is 3.62. The van der Waals surface area contributed by atoms with Gasteiger partial charge in [-0.05, 0) is 58.7 Å². The average molecular weight is 178 g/mol. The third-order valence-corrected chi connectivity index (χ3v) is 3.79. The molecule has 2 fully saturated rings. The van der Waals surface area contributed by atoms with Crippen LogP contribution in [-0.4, -0.2) is 43.5 Å². The van der Waals surface area contributed by atoms with E-state index in [4.69, 9.17) is 7.98 Å². The SMILES string of the molecule is [B]N1CCCCC12CCCCN2C. The molecule has 0 aromatic rings. The van der Waals surface area contributed by atoms with Crippen LogP contribution in [0.2, 0.25) is 0 Å². The molecule has 1 unspecified atom stereocenters. The molecule has 1 spiro atoms. The summed E-state index contributed by atoms with van der Waals surface area (Å²) in [6.45, 7) is 2.29. The molecule has 2 heterocycles. The number of rotatable bonds is 0. The van der Waals surface area contributed by atoms with Crippen LogP contribution < -0.4 is 0 Å². The van der Waals surface area contributed by atoms with Gasteiger partial charge in [0.15, 0.2) is 7.98 Å². The van der Waals surface area contributed by atoms with Gasteiger partial charge in [0, 0.05) is 0 Å². The molecule has 2 nitrogen and oxygen atoms in total. The summed E-state index contributed by atoms with van der Waals surface area (Å²) in [5.74, 6) is 0. The van der Waals surface area contributed by atoms with Crippen molar-refractivity contribution in [2.24, 2.45) is 0 Å². The Morgan fingerprint density at radius 3 is 2.23 bits per heavy atom. The van der Waals surface area contributed by atoms with E-state index in [0.717, 1.165) is 6.54 Å². The third kappa shape index (κ3) is 1.53. The molecule has 0 N–H and O–H groups in total. The maximum atomic E-state index is 6.13. The summed E-state index contributed by atoms with van der Waals surface area (Å²) in [6.07, 6.45) is 7.83. The Bertz CT molecular complexity index is 164. The quantitative estimate of drug-likeness (QED) is 0.517. The van der Waals surface area contributed by atoms with Crippen molar-refractivity contribution in [3.63, 3.8) is 0 Å². The van der Waals surface area contributed by atoms with Gasteiger partial charge in [0.25, 0.3) is 0 Å². The Morgan fingerprint density at radius 2 is 1.62 bits per heavy atom. The van der Waals surface area contributed by atoms with Crippen LogP contribution in [0.5, 0.6) is 0 Å². The van der Waals surface area contributed by atoms with Gasteiger partial charge in [-0.25, -0.2) is 0 Å². The van der Waals surface area contributed by atoms with Crippen molar-refractivity contribution in [1.29, 1.82) is 0 Å². The maximum absolute atomic E-state index is 6.13. The Balaban J connectivity index is 2.13. The number of likely N-dealkylation sites (tertiary alicyclic amines) is 1. The van der Waals surface area contributed by atoms with Crippen molar-refractivity contribution in [3.05, 3.63) is 0 Å². The first kappa shape index (κ1) is 9.54. The molecule has 0 aromatic carbocycles. The van der Waals surface area contributed by atoms with E-state index in [2.05, 4.69) is 16.8 Å². The molecule has 2 saturated heterocycles. The number of hydrogen-bond donors (Lipinski definition) is 0. The summed E-state index contributed by atoms with van der Waals surface area (Å²) in [6, 6.07) is 0. The lowest BCUT2D eigenvalue weighted by Crippen LogP contribution is -2.62. The monoisotopic (exact) mass is 178 g/mol. The van der Waals surface area contributed by atoms with Crippen LogP contribution in [0.25, 0.3) is 0 Å². The van der Waals surface area contributed by atoms with Crippen molar-refractivity contribution >= 4 is 7.98 Å². The molecule has 13 heavy (non-hydrogen) atoms. The minimum absolute atomic E-state index is 0.219. The molecule has 2 radical (unpaired) electrons. The highest BCUT2D eigenvalue weighted by atomic mass is 15.4. The predicted octanol–water partition coefficient (Wildman–Crippen LogP) is 1.37. The van der Waals surface area contributed by atoms with Crippen molar-refractivity contribution in [3.8, 4) is 0 Å². The average Bonchev–Trinajstić information content (AvgIpc) is 2.15. The van der Waals surface area contributed by atoms with E-state index in [1.54, 1.807) is 0 Å². The highest BCUT2D eigenvalue weighted by molar-refractivity contribution is 6.05. The molecule has 0 aromatic heterocycles. The van der Waals surface area contributed by atoms with E-state index < -0.39 is 0 Å². The molecule has 1 atom stereocenters. The molecule has 0 saturated carbocycles. The molecule has 2 aliphatic heterocycles. The van der Waals surface area contributed by atoms with Gasteiger partial charge in [-0.1, -0.05) is 0 Å². The first-order valence-corrected chi connectivity index (χ1v) is 5.49. The van der Waals surface area contributed by atoms with Crippen LogP contribution in [0.15, 0.2) is 0 Å². The van der Waals surface area contributed by atoms with E-state index in [1.807, 2.05) is 0 Å². The summed E-state index contributed by atoms with van der Waals surface area (Å²) in [4.78, 5) is 4.56. The highest BCUT2D eigenvalue weighted by Gasteiger charge is 2.40. The van der Waals surface area contributed by atoms with Crippen LogP contribution >= 0.6 is 0 Å². The van der Waals surface area contributed by atoms with Gasteiger partial charge in [0.05, 0.1) is 5.66 Å². The second-order valence-electron chi connectivity index (χ2n) is 4.51. The lowest BCUT2D eigenvalue weighted by atomic mass is 9.83. The molecule has 3 heteroatoms. The standard InChI is InChI=1S/C10H19BN2/c1-12-8-4-2-6-10(12)7-3-5-9-13(10)11/h2-9H2,1H3. The Kier molecular flexibility index (Phi) is 2.66. The fraction of sp³-hybridized carbons (Fsp3) is 1.00. The minimum atomic E-state index is 0.219. The van der Waals surface area contributed by atoms with E-state index in [0.29, 0.717) is 0 Å². The highest BCUT2D eigenvalue weighted by Crippen LogP contribution is 2.36. The van der Waals surface area contributed by atoms with Crippen LogP contribution in [0.1, 0.15) is 38.5 Å². The van der Waals surface area contributed by atoms with E-state index >= 15 is 0 Å². The van der Waals surface area contributed by atoms with Crippen molar-refractivity contribution in [2.75, 3.05) is 20.1 Å². The minimum Gasteiger partial charge on any atom is -0.337 e. The van der Waals surface area contributed by atoms with E-state index in [-0.39, 0.29) is 5.66 Å². The summed E-state index contributed by atoms with van der Waals surface area (Å²) in [7, 11) is 8.35. The normalized spacial score (nSPS) is 38.2. The summed E-state index contributed by atoms with van der Waals surface area (Å²) in [5, 5.41) is 0. The van der Waals surface area contributed by atoms with Gasteiger partial charge in [-0.15, -0.1) is 0 Å². The van der Waals surface area contributed by atoms with Crippen LogP contribution in [0.4, 0.5) is 0 Å². The lowest BCUT2D eigenvalue weighted by molar-refractivity contribution is -0.0473. The Labute approximate surface area is 82.7 Å². The maximum Gasteiger partial charge on any atom is 0.184 e. The molecule has 0 aliphatic carbocycles. The van der Waals surface area contributed by atoms with Gasteiger partial charge in [0.1, 0.15) is 0 Å². The topological polar surface area (TPSA) is 6.48 Å². The molecule has 2 aliphatic rings. The number of piperidine rings is 2. The van der Waals surface area contributed by atoms with Gasteiger partial charge >= 0.3 is 0 Å². The second-order valence-corrected chi connectivity index (χ2v) is 4.51. The van der Waals surface area contributed by atoms with Gasteiger partial charge in [0.2, 0.25) is 0 Å². The molecule has 0 bridgehead atoms. The fourth-order valence-electron chi connectivity index (χ4n) is 2.88. The Morgan fingerprint density at radius 1 is 1.00 bits per heavy atom. The van der Waals surface area contributed by atoms with E-state index in [9.17, 15) is 0 Å². The van der Waals surface area contributed by atoms with Crippen LogP contribution in [-0.2, 0) is 0 Å². The molecular formula is C10H19BN2. The van der Waals surface area contributed by atoms with Crippen LogP contribution in [0.3, 0.4) is 0 Å². The zero-order chi connectivity index (χ0) is 9.31. The third-order valence-electron chi connectivity index (χ3n) is 3.79.